The van der Waals surface area contributed by atoms with Gasteiger partial charge in [0.1, 0.15) is 0 Å². The van der Waals surface area contributed by atoms with Gasteiger partial charge in [0.25, 0.3) is 0 Å². The van der Waals surface area contributed by atoms with Gasteiger partial charge in [-0.2, -0.15) is 0 Å². The number of anilines is 1. The van der Waals surface area contributed by atoms with Gasteiger partial charge in [0.05, 0.1) is 0 Å². The Morgan fingerprint density at radius 1 is 1.23 bits per heavy atom. The summed E-state index contributed by atoms with van der Waals surface area (Å²) in [5.74, 6) is 0.156. The van der Waals surface area contributed by atoms with Crippen molar-refractivity contribution < 1.29 is 10.0 Å². The van der Waals surface area contributed by atoms with E-state index in [2.05, 4.69) is 15.8 Å². The van der Waals surface area contributed by atoms with Gasteiger partial charge in [-0.25, -0.2) is 4.79 Å². The van der Waals surface area contributed by atoms with Crippen LogP contribution < -0.4 is 10.6 Å². The van der Waals surface area contributed by atoms with E-state index in [1.807, 2.05) is 31.2 Å². The molecule has 0 aliphatic heterocycles. The third-order valence-corrected chi connectivity index (χ3v) is 3.19. The van der Waals surface area contributed by atoms with Crippen LogP contribution in [0, 0.1) is 6.92 Å². The highest BCUT2D eigenvalue weighted by atomic mass is 35.5. The number of nitrogens with zero attached hydrogens (tertiary/aromatic N) is 1. The number of oxime groups is 1. The molecule has 2 aromatic carbocycles. The largest absolute Gasteiger partial charge is 0.409 e. The second-order valence-electron chi connectivity index (χ2n) is 4.80. The van der Waals surface area contributed by atoms with E-state index in [0.29, 0.717) is 17.1 Å². The fourth-order valence-electron chi connectivity index (χ4n) is 1.86. The molecule has 0 spiro atoms. The second-order valence-corrected chi connectivity index (χ2v) is 5.23. The second kappa shape index (κ2) is 7.47. The SMILES string of the molecule is Cc1ccc(C/C(=N/O)NC(=O)Nc2cccc(Cl)c2)cc1. The maximum Gasteiger partial charge on any atom is 0.324 e. The average Bonchev–Trinajstić information content (AvgIpc) is 2.48. The van der Waals surface area contributed by atoms with Crippen LogP contribution in [0.3, 0.4) is 0 Å². The Morgan fingerprint density at radius 2 is 1.95 bits per heavy atom. The van der Waals surface area contributed by atoms with Crippen molar-refractivity contribution in [3.05, 3.63) is 64.7 Å². The van der Waals surface area contributed by atoms with Gasteiger partial charge in [-0.15, -0.1) is 0 Å². The van der Waals surface area contributed by atoms with Crippen LogP contribution in [0.25, 0.3) is 0 Å². The molecule has 0 fully saturated rings. The Balaban J connectivity index is 1.95. The molecule has 0 radical (unpaired) electrons. The van der Waals surface area contributed by atoms with Crippen LogP contribution in [-0.2, 0) is 6.42 Å². The van der Waals surface area contributed by atoms with Gasteiger partial charge in [0.2, 0.25) is 0 Å². The molecule has 2 rings (SSSR count). The van der Waals surface area contributed by atoms with E-state index >= 15 is 0 Å². The molecule has 5 nitrogen and oxygen atoms in total. The van der Waals surface area contributed by atoms with Gasteiger partial charge in [-0.05, 0) is 30.7 Å². The van der Waals surface area contributed by atoms with Gasteiger partial charge >= 0.3 is 6.03 Å². The van der Waals surface area contributed by atoms with Gasteiger partial charge in [0, 0.05) is 17.1 Å². The van der Waals surface area contributed by atoms with Crippen LogP contribution in [0.2, 0.25) is 5.02 Å². The maximum atomic E-state index is 11.9. The first-order valence-corrected chi connectivity index (χ1v) is 7.04. The first kappa shape index (κ1) is 15.9. The zero-order valence-electron chi connectivity index (χ0n) is 12.0. The average molecular weight is 318 g/mol. The summed E-state index contributed by atoms with van der Waals surface area (Å²) in [5.41, 5.74) is 2.62. The fraction of sp³-hybridized carbons (Fsp3) is 0.125. The highest BCUT2D eigenvalue weighted by molar-refractivity contribution is 6.30. The minimum atomic E-state index is -0.498. The van der Waals surface area contributed by atoms with Crippen LogP contribution >= 0.6 is 11.6 Å². The Morgan fingerprint density at radius 3 is 2.59 bits per heavy atom. The number of nitrogens with one attached hydrogen (secondary N) is 2. The van der Waals surface area contributed by atoms with Gasteiger partial charge in [0.15, 0.2) is 5.84 Å². The maximum absolute atomic E-state index is 11.9. The van der Waals surface area contributed by atoms with Crippen LogP contribution in [0.5, 0.6) is 0 Å². The van der Waals surface area contributed by atoms with E-state index in [1.165, 1.54) is 0 Å². The summed E-state index contributed by atoms with van der Waals surface area (Å²) in [6.45, 7) is 1.99. The number of halogens is 1. The summed E-state index contributed by atoms with van der Waals surface area (Å²) in [5, 5.41) is 17.8. The monoisotopic (exact) mass is 317 g/mol. The summed E-state index contributed by atoms with van der Waals surface area (Å²) in [6, 6.07) is 14.0. The smallest absolute Gasteiger partial charge is 0.324 e. The van der Waals surface area contributed by atoms with Crippen LogP contribution in [0.4, 0.5) is 10.5 Å². The van der Waals surface area contributed by atoms with Crippen molar-refractivity contribution in [2.24, 2.45) is 5.16 Å². The first-order chi connectivity index (χ1) is 10.6. The van der Waals surface area contributed by atoms with E-state index in [4.69, 9.17) is 16.8 Å². The van der Waals surface area contributed by atoms with E-state index in [-0.39, 0.29) is 5.84 Å². The highest BCUT2D eigenvalue weighted by Gasteiger charge is 2.08. The van der Waals surface area contributed by atoms with Crippen molar-refractivity contribution in [2.45, 2.75) is 13.3 Å². The molecule has 0 unspecified atom stereocenters. The van der Waals surface area contributed by atoms with Crippen molar-refractivity contribution in [1.29, 1.82) is 0 Å². The number of amides is 2. The van der Waals surface area contributed by atoms with Crippen molar-refractivity contribution in [2.75, 3.05) is 5.32 Å². The number of urea groups is 1. The van der Waals surface area contributed by atoms with Crippen LogP contribution in [-0.4, -0.2) is 17.1 Å². The number of amidine groups is 1. The zero-order chi connectivity index (χ0) is 15.9. The highest BCUT2D eigenvalue weighted by Crippen LogP contribution is 2.14. The molecule has 3 N–H and O–H groups in total. The molecule has 0 aromatic heterocycles. The van der Waals surface area contributed by atoms with E-state index in [9.17, 15) is 4.79 Å². The Hall–Kier alpha value is -2.53. The Kier molecular flexibility index (Phi) is 5.38. The van der Waals surface area contributed by atoms with E-state index < -0.39 is 6.03 Å². The molecule has 6 heteroatoms. The molecular formula is C16H16ClN3O2. The van der Waals surface area contributed by atoms with Crippen molar-refractivity contribution in [3.8, 4) is 0 Å². The topological polar surface area (TPSA) is 73.7 Å². The quantitative estimate of drug-likeness (QED) is 0.348. The molecule has 0 saturated carbocycles. The Labute approximate surface area is 133 Å². The number of aryl methyl sites for hydroxylation is 1. The molecular weight excluding hydrogens is 302 g/mol. The molecule has 0 atom stereocenters. The normalized spacial score (nSPS) is 11.1. The molecule has 22 heavy (non-hydrogen) atoms. The van der Waals surface area contributed by atoms with Crippen molar-refractivity contribution in [1.82, 2.24) is 5.32 Å². The molecule has 0 heterocycles. The molecule has 0 aliphatic rings. The van der Waals surface area contributed by atoms with Gasteiger partial charge in [-0.1, -0.05) is 52.7 Å². The molecule has 2 aromatic rings. The number of benzene rings is 2. The predicted molar refractivity (Wildman–Crippen MR) is 87.7 cm³/mol. The van der Waals surface area contributed by atoms with Crippen molar-refractivity contribution >= 4 is 29.2 Å². The van der Waals surface area contributed by atoms with E-state index in [0.717, 1.165) is 11.1 Å². The minimum absolute atomic E-state index is 0.156. The molecule has 0 aliphatic carbocycles. The molecule has 114 valence electrons. The minimum Gasteiger partial charge on any atom is -0.409 e. The third-order valence-electron chi connectivity index (χ3n) is 2.95. The summed E-state index contributed by atoms with van der Waals surface area (Å²) >= 11 is 5.85. The lowest BCUT2D eigenvalue weighted by molar-refractivity contribution is 0.255. The van der Waals surface area contributed by atoms with Gasteiger partial charge < -0.3 is 10.5 Å². The third kappa shape index (κ3) is 4.79. The molecule has 0 bridgehead atoms. The zero-order valence-corrected chi connectivity index (χ0v) is 12.8. The Bertz CT molecular complexity index is 684. The first-order valence-electron chi connectivity index (χ1n) is 6.67. The van der Waals surface area contributed by atoms with Crippen LogP contribution in [0.1, 0.15) is 11.1 Å². The van der Waals surface area contributed by atoms with E-state index in [1.54, 1.807) is 24.3 Å². The number of carbonyl (C=O) groups is 1. The lowest BCUT2D eigenvalue weighted by Crippen LogP contribution is -2.35. The predicted octanol–water partition coefficient (Wildman–Crippen LogP) is 3.80. The fourth-order valence-corrected chi connectivity index (χ4v) is 2.05. The lowest BCUT2D eigenvalue weighted by atomic mass is 10.1. The lowest BCUT2D eigenvalue weighted by Gasteiger charge is -2.09. The number of rotatable bonds is 3. The van der Waals surface area contributed by atoms with Gasteiger partial charge in [-0.3, -0.25) is 5.32 Å². The van der Waals surface area contributed by atoms with Crippen LogP contribution in [0.15, 0.2) is 53.7 Å². The molecule has 2 amide bonds. The number of carbonyl (C=O) groups excluding carboxylic acids is 1. The summed E-state index contributed by atoms with van der Waals surface area (Å²) in [6.07, 6.45) is 0.319. The molecule has 0 saturated heterocycles. The summed E-state index contributed by atoms with van der Waals surface area (Å²) < 4.78 is 0. The summed E-state index contributed by atoms with van der Waals surface area (Å²) in [7, 11) is 0. The number of hydrogen-bond acceptors (Lipinski definition) is 3. The standard InChI is InChI=1S/C16H16ClN3O2/c1-11-5-7-12(8-6-11)9-15(20-22)19-16(21)18-14-4-2-3-13(17)10-14/h2-8,10,22H,9H2,1H3,(H2,18,19,20,21). The number of hydrogen-bond donors (Lipinski definition) is 3. The van der Waals surface area contributed by atoms with Crippen molar-refractivity contribution in [3.63, 3.8) is 0 Å². The summed E-state index contributed by atoms with van der Waals surface area (Å²) in [4.78, 5) is 11.9.